The van der Waals surface area contributed by atoms with Crippen molar-refractivity contribution in [3.8, 4) is 0 Å². The van der Waals surface area contributed by atoms with Gasteiger partial charge in [-0.05, 0) is 43.4 Å². The van der Waals surface area contributed by atoms with Crippen molar-refractivity contribution >= 4 is 5.69 Å². The van der Waals surface area contributed by atoms with Crippen LogP contribution < -0.4 is 4.90 Å². The molecule has 1 aromatic rings. The summed E-state index contributed by atoms with van der Waals surface area (Å²) < 4.78 is 0. The van der Waals surface area contributed by atoms with Gasteiger partial charge in [-0.2, -0.15) is 0 Å². The van der Waals surface area contributed by atoms with Crippen molar-refractivity contribution in [2.75, 3.05) is 18.0 Å². The van der Waals surface area contributed by atoms with E-state index in [2.05, 4.69) is 36.9 Å². The first kappa shape index (κ1) is 13.4. The first-order chi connectivity index (χ1) is 8.72. The average Bonchev–Trinajstić information content (AvgIpc) is 2.90. The van der Waals surface area contributed by atoms with Crippen molar-refractivity contribution in [3.63, 3.8) is 0 Å². The first-order valence-electron chi connectivity index (χ1n) is 7.26. The summed E-state index contributed by atoms with van der Waals surface area (Å²) in [5.74, 6) is 0. The molecule has 0 aliphatic carbocycles. The highest BCUT2D eigenvalue weighted by molar-refractivity contribution is 5.56. The second kappa shape index (κ2) is 6.24. The Morgan fingerprint density at radius 2 is 2.00 bits per heavy atom. The van der Waals surface area contributed by atoms with E-state index >= 15 is 0 Å². The number of nitrogens with zero attached hydrogens (tertiary/aromatic N) is 1. The Morgan fingerprint density at radius 3 is 2.67 bits per heavy atom. The number of rotatable bonds is 5. The summed E-state index contributed by atoms with van der Waals surface area (Å²) in [5.41, 5.74) is 3.72. The zero-order valence-corrected chi connectivity index (χ0v) is 11.7. The van der Waals surface area contributed by atoms with Crippen LogP contribution in [0.2, 0.25) is 0 Å². The van der Waals surface area contributed by atoms with Crippen LogP contribution in [-0.4, -0.2) is 18.2 Å². The highest BCUT2D eigenvalue weighted by Crippen LogP contribution is 2.29. The Bertz CT molecular complexity index is 383. The Balaban J connectivity index is 2.14. The minimum absolute atomic E-state index is 0.299. The zero-order chi connectivity index (χ0) is 13.0. The van der Waals surface area contributed by atoms with Gasteiger partial charge in [0, 0.05) is 18.8 Å². The molecule has 0 aromatic heterocycles. The van der Waals surface area contributed by atoms with Crippen LogP contribution in [0.4, 0.5) is 5.69 Å². The second-order valence-electron chi connectivity index (χ2n) is 5.40. The fraction of sp³-hybridized carbons (Fsp3) is 0.625. The fourth-order valence-corrected chi connectivity index (χ4v) is 2.70. The third-order valence-corrected chi connectivity index (χ3v) is 3.90. The van der Waals surface area contributed by atoms with Crippen LogP contribution in [0.15, 0.2) is 18.2 Å². The average molecular weight is 247 g/mol. The molecule has 0 radical (unpaired) electrons. The molecule has 1 heterocycles. The lowest BCUT2D eigenvalue weighted by Gasteiger charge is -2.22. The fourth-order valence-electron chi connectivity index (χ4n) is 2.70. The van der Waals surface area contributed by atoms with Crippen LogP contribution in [-0.2, 0) is 0 Å². The molecular formula is C16H25NO. The first-order valence-corrected chi connectivity index (χ1v) is 7.26. The van der Waals surface area contributed by atoms with Crippen LogP contribution in [0.5, 0.6) is 0 Å². The summed E-state index contributed by atoms with van der Waals surface area (Å²) in [4.78, 5) is 2.45. The molecule has 0 amide bonds. The van der Waals surface area contributed by atoms with Gasteiger partial charge >= 0.3 is 0 Å². The van der Waals surface area contributed by atoms with Crippen LogP contribution in [0.25, 0.3) is 0 Å². The normalized spacial score (nSPS) is 17.2. The maximum absolute atomic E-state index is 10.2. The largest absolute Gasteiger partial charge is 0.388 e. The van der Waals surface area contributed by atoms with E-state index in [0.717, 1.165) is 37.9 Å². The number of benzene rings is 1. The van der Waals surface area contributed by atoms with Crippen molar-refractivity contribution in [2.45, 2.75) is 52.1 Å². The zero-order valence-electron chi connectivity index (χ0n) is 11.7. The second-order valence-corrected chi connectivity index (χ2v) is 5.40. The standard InChI is InChI=1S/C16H25NO/c1-3-4-7-16(18)14-9-8-13(2)15(12-14)17-10-5-6-11-17/h8-9,12,16,18H,3-7,10-11H2,1-2H3. The van der Waals surface area contributed by atoms with Crippen molar-refractivity contribution in [3.05, 3.63) is 29.3 Å². The predicted molar refractivity (Wildman–Crippen MR) is 77.1 cm³/mol. The van der Waals surface area contributed by atoms with E-state index in [1.165, 1.54) is 24.1 Å². The Hall–Kier alpha value is -1.02. The van der Waals surface area contributed by atoms with E-state index < -0.39 is 0 Å². The maximum atomic E-state index is 10.2. The summed E-state index contributed by atoms with van der Waals surface area (Å²) >= 11 is 0. The van der Waals surface area contributed by atoms with Gasteiger partial charge < -0.3 is 10.0 Å². The summed E-state index contributed by atoms with van der Waals surface area (Å²) in [6, 6.07) is 6.42. The minimum Gasteiger partial charge on any atom is -0.388 e. The third-order valence-electron chi connectivity index (χ3n) is 3.90. The lowest BCUT2D eigenvalue weighted by molar-refractivity contribution is 0.164. The maximum Gasteiger partial charge on any atom is 0.0790 e. The predicted octanol–water partition coefficient (Wildman–Crippen LogP) is 3.82. The van der Waals surface area contributed by atoms with Gasteiger partial charge in [0.05, 0.1) is 6.10 Å². The molecule has 1 N–H and O–H groups in total. The summed E-state index contributed by atoms with van der Waals surface area (Å²) in [5, 5.41) is 10.2. The highest BCUT2D eigenvalue weighted by Gasteiger charge is 2.16. The van der Waals surface area contributed by atoms with Gasteiger partial charge in [0.1, 0.15) is 0 Å². The topological polar surface area (TPSA) is 23.5 Å². The van der Waals surface area contributed by atoms with E-state index in [0.29, 0.717) is 0 Å². The summed E-state index contributed by atoms with van der Waals surface area (Å²) in [7, 11) is 0. The van der Waals surface area contributed by atoms with E-state index in [1.54, 1.807) is 0 Å². The van der Waals surface area contributed by atoms with Gasteiger partial charge in [-0.15, -0.1) is 0 Å². The van der Waals surface area contributed by atoms with Gasteiger partial charge in [-0.25, -0.2) is 0 Å². The summed E-state index contributed by atoms with van der Waals surface area (Å²) in [6.45, 7) is 6.65. The lowest BCUT2D eigenvalue weighted by Crippen LogP contribution is -2.19. The minimum atomic E-state index is -0.299. The third kappa shape index (κ3) is 3.05. The van der Waals surface area contributed by atoms with Gasteiger partial charge in [0.15, 0.2) is 0 Å². The molecule has 0 spiro atoms. The van der Waals surface area contributed by atoms with Crippen molar-refractivity contribution < 1.29 is 5.11 Å². The Labute approximate surface area is 111 Å². The number of unbranched alkanes of at least 4 members (excludes halogenated alkanes) is 1. The molecule has 1 saturated heterocycles. The monoisotopic (exact) mass is 247 g/mol. The molecule has 2 heteroatoms. The van der Waals surface area contributed by atoms with Gasteiger partial charge in [-0.3, -0.25) is 0 Å². The molecule has 18 heavy (non-hydrogen) atoms. The smallest absolute Gasteiger partial charge is 0.0790 e. The molecule has 1 atom stereocenters. The van der Waals surface area contributed by atoms with E-state index in [9.17, 15) is 5.11 Å². The van der Waals surface area contributed by atoms with Crippen molar-refractivity contribution in [2.24, 2.45) is 0 Å². The molecule has 0 saturated carbocycles. The number of hydrogen-bond acceptors (Lipinski definition) is 2. The quantitative estimate of drug-likeness (QED) is 0.855. The van der Waals surface area contributed by atoms with Crippen LogP contribution in [0.1, 0.15) is 56.3 Å². The molecule has 1 fully saturated rings. The van der Waals surface area contributed by atoms with Crippen LogP contribution in [0, 0.1) is 6.92 Å². The van der Waals surface area contributed by atoms with Crippen molar-refractivity contribution in [1.29, 1.82) is 0 Å². The molecule has 100 valence electrons. The number of aliphatic hydroxyl groups excluding tert-OH is 1. The van der Waals surface area contributed by atoms with E-state index in [4.69, 9.17) is 0 Å². The molecule has 2 rings (SSSR count). The molecular weight excluding hydrogens is 222 g/mol. The lowest BCUT2D eigenvalue weighted by atomic mass is 10.0. The van der Waals surface area contributed by atoms with Gasteiger partial charge in [0.2, 0.25) is 0 Å². The molecule has 1 aliphatic rings. The molecule has 1 aromatic carbocycles. The number of hydrogen-bond donors (Lipinski definition) is 1. The van der Waals surface area contributed by atoms with E-state index in [1.807, 2.05) is 0 Å². The van der Waals surface area contributed by atoms with Gasteiger partial charge in [-0.1, -0.05) is 31.9 Å². The molecule has 0 bridgehead atoms. The van der Waals surface area contributed by atoms with E-state index in [-0.39, 0.29) is 6.10 Å². The molecule has 1 unspecified atom stereocenters. The molecule has 2 nitrogen and oxygen atoms in total. The highest BCUT2D eigenvalue weighted by atomic mass is 16.3. The number of aliphatic hydroxyl groups is 1. The Kier molecular flexibility index (Phi) is 4.65. The number of aryl methyl sites for hydroxylation is 1. The summed E-state index contributed by atoms with van der Waals surface area (Å²) in [6.07, 6.45) is 5.39. The van der Waals surface area contributed by atoms with Crippen LogP contribution >= 0.6 is 0 Å². The van der Waals surface area contributed by atoms with Crippen LogP contribution in [0.3, 0.4) is 0 Å². The number of anilines is 1. The van der Waals surface area contributed by atoms with Gasteiger partial charge in [0.25, 0.3) is 0 Å². The van der Waals surface area contributed by atoms with Crippen molar-refractivity contribution in [1.82, 2.24) is 0 Å². The Morgan fingerprint density at radius 1 is 1.28 bits per heavy atom. The molecule has 1 aliphatic heterocycles. The SMILES string of the molecule is CCCCC(O)c1ccc(C)c(N2CCCC2)c1.